The number of hydrogen-bond donors (Lipinski definition) is 0. The van der Waals surface area contributed by atoms with Crippen molar-refractivity contribution in [2.75, 3.05) is 18.1 Å². The van der Waals surface area contributed by atoms with Gasteiger partial charge in [0.05, 0.1) is 6.10 Å². The van der Waals surface area contributed by atoms with Gasteiger partial charge >= 0.3 is 0 Å². The third-order valence-electron chi connectivity index (χ3n) is 6.10. The molecule has 0 bridgehead atoms. The summed E-state index contributed by atoms with van der Waals surface area (Å²) in [6, 6.07) is 11.1. The van der Waals surface area contributed by atoms with Gasteiger partial charge in [-0.2, -0.15) is 0 Å². The van der Waals surface area contributed by atoms with E-state index in [0.717, 1.165) is 6.61 Å². The van der Waals surface area contributed by atoms with Crippen LogP contribution in [0.4, 0.5) is 0 Å². The molecule has 0 radical (unpaired) electrons. The third-order valence-corrected chi connectivity index (χ3v) is 8.53. The van der Waals surface area contributed by atoms with E-state index in [1.165, 1.54) is 113 Å². The SMILES string of the molecule is CC[S+](CCCCCCCCCCCCC1CCCCO1)Cc1ccccc1. The van der Waals surface area contributed by atoms with Crippen molar-refractivity contribution in [3.05, 3.63) is 35.9 Å². The molecule has 1 fully saturated rings. The first kappa shape index (κ1) is 23.8. The first-order chi connectivity index (χ1) is 13.9. The van der Waals surface area contributed by atoms with E-state index in [9.17, 15) is 0 Å². The lowest BCUT2D eigenvalue weighted by Gasteiger charge is -2.22. The number of hydrogen-bond acceptors (Lipinski definition) is 1. The Balaban J connectivity index is 1.33. The van der Waals surface area contributed by atoms with Crippen LogP contribution in [-0.2, 0) is 21.4 Å². The highest BCUT2D eigenvalue weighted by Gasteiger charge is 2.15. The highest BCUT2D eigenvalue weighted by Crippen LogP contribution is 2.19. The second kappa shape index (κ2) is 16.3. The molecule has 0 saturated carbocycles. The Labute approximate surface area is 178 Å². The van der Waals surface area contributed by atoms with Crippen LogP contribution in [0.2, 0.25) is 0 Å². The topological polar surface area (TPSA) is 9.23 Å². The van der Waals surface area contributed by atoms with Gasteiger partial charge in [-0.25, -0.2) is 0 Å². The Morgan fingerprint density at radius 3 is 2.07 bits per heavy atom. The molecule has 2 atom stereocenters. The molecule has 2 unspecified atom stereocenters. The van der Waals surface area contributed by atoms with Gasteiger partial charge in [-0.3, -0.25) is 0 Å². The first-order valence-electron chi connectivity index (χ1n) is 12.2. The van der Waals surface area contributed by atoms with E-state index in [4.69, 9.17) is 4.74 Å². The molecule has 1 heterocycles. The Hall–Kier alpha value is -0.470. The molecule has 2 heteroatoms. The maximum absolute atomic E-state index is 5.82. The van der Waals surface area contributed by atoms with Crippen LogP contribution in [0, 0.1) is 0 Å². The summed E-state index contributed by atoms with van der Waals surface area (Å²) >= 11 is 0. The van der Waals surface area contributed by atoms with E-state index in [-0.39, 0.29) is 0 Å². The normalized spacial score (nSPS) is 18.2. The van der Waals surface area contributed by atoms with Crippen LogP contribution in [0.3, 0.4) is 0 Å². The summed E-state index contributed by atoms with van der Waals surface area (Å²) in [5, 5.41) is 0. The molecule has 28 heavy (non-hydrogen) atoms. The van der Waals surface area contributed by atoms with Gasteiger partial charge in [0, 0.05) is 12.2 Å². The molecule has 0 spiro atoms. The van der Waals surface area contributed by atoms with Crippen LogP contribution in [-0.4, -0.2) is 24.2 Å². The molecule has 1 saturated heterocycles. The molecular formula is C26H45OS+. The van der Waals surface area contributed by atoms with Crippen molar-refractivity contribution in [2.24, 2.45) is 0 Å². The number of unbranched alkanes of at least 4 members (excludes halogenated alkanes) is 9. The molecule has 160 valence electrons. The fourth-order valence-corrected chi connectivity index (χ4v) is 6.17. The predicted molar refractivity (Wildman–Crippen MR) is 127 cm³/mol. The zero-order chi connectivity index (χ0) is 19.7. The van der Waals surface area contributed by atoms with Gasteiger partial charge < -0.3 is 4.74 Å². The zero-order valence-corrected chi connectivity index (χ0v) is 19.3. The van der Waals surface area contributed by atoms with Gasteiger partial charge in [0.25, 0.3) is 0 Å². The van der Waals surface area contributed by atoms with Crippen LogP contribution in [0.15, 0.2) is 30.3 Å². The highest BCUT2D eigenvalue weighted by atomic mass is 32.2. The van der Waals surface area contributed by atoms with Crippen LogP contribution in [0.1, 0.15) is 102 Å². The lowest BCUT2D eigenvalue weighted by molar-refractivity contribution is 0.00977. The maximum Gasteiger partial charge on any atom is 0.133 e. The zero-order valence-electron chi connectivity index (χ0n) is 18.5. The number of ether oxygens (including phenoxy) is 1. The monoisotopic (exact) mass is 405 g/mol. The second-order valence-electron chi connectivity index (χ2n) is 8.55. The summed E-state index contributed by atoms with van der Waals surface area (Å²) in [5.74, 6) is 4.09. The Morgan fingerprint density at radius 2 is 1.46 bits per heavy atom. The van der Waals surface area contributed by atoms with Crippen LogP contribution in [0.5, 0.6) is 0 Å². The van der Waals surface area contributed by atoms with E-state index in [1.807, 2.05) is 0 Å². The molecule has 0 amide bonds. The average molecular weight is 406 g/mol. The van der Waals surface area contributed by atoms with Crippen molar-refractivity contribution in [3.8, 4) is 0 Å². The predicted octanol–water partition coefficient (Wildman–Crippen LogP) is 7.69. The van der Waals surface area contributed by atoms with Gasteiger partial charge in [-0.1, -0.05) is 81.7 Å². The Morgan fingerprint density at radius 1 is 0.821 bits per heavy atom. The Kier molecular flexibility index (Phi) is 13.9. The van der Waals surface area contributed by atoms with Crippen molar-refractivity contribution < 1.29 is 4.74 Å². The third kappa shape index (κ3) is 11.5. The van der Waals surface area contributed by atoms with Gasteiger partial charge in [0.1, 0.15) is 17.3 Å². The van der Waals surface area contributed by atoms with Gasteiger partial charge in [0.15, 0.2) is 0 Å². The average Bonchev–Trinajstić information content (AvgIpc) is 2.75. The minimum atomic E-state index is 0.592. The molecule has 0 aliphatic carbocycles. The highest BCUT2D eigenvalue weighted by molar-refractivity contribution is 7.96. The number of benzene rings is 1. The van der Waals surface area contributed by atoms with Crippen molar-refractivity contribution in [2.45, 2.75) is 109 Å². The van der Waals surface area contributed by atoms with Crippen molar-refractivity contribution >= 4 is 10.9 Å². The van der Waals surface area contributed by atoms with Gasteiger partial charge in [0.2, 0.25) is 0 Å². The second-order valence-corrected chi connectivity index (χ2v) is 11.0. The molecular weight excluding hydrogens is 360 g/mol. The minimum absolute atomic E-state index is 0.592. The molecule has 2 rings (SSSR count). The van der Waals surface area contributed by atoms with Crippen LogP contribution >= 0.6 is 0 Å². The summed E-state index contributed by atoms with van der Waals surface area (Å²) in [5.41, 5.74) is 1.53. The lowest BCUT2D eigenvalue weighted by atomic mass is 10.0. The van der Waals surface area contributed by atoms with E-state index in [0.29, 0.717) is 17.0 Å². The van der Waals surface area contributed by atoms with E-state index in [2.05, 4.69) is 37.3 Å². The summed E-state index contributed by atoms with van der Waals surface area (Å²) < 4.78 is 5.82. The molecule has 1 aliphatic rings. The lowest BCUT2D eigenvalue weighted by Crippen LogP contribution is -2.18. The molecule has 0 N–H and O–H groups in total. The van der Waals surface area contributed by atoms with Gasteiger partial charge in [-0.05, 0) is 56.3 Å². The summed E-state index contributed by atoms with van der Waals surface area (Å²) in [7, 11) is 0.593. The smallest absolute Gasteiger partial charge is 0.133 e. The van der Waals surface area contributed by atoms with E-state index < -0.39 is 0 Å². The summed E-state index contributed by atoms with van der Waals surface area (Å²) in [4.78, 5) is 0. The largest absolute Gasteiger partial charge is 0.378 e. The number of rotatable bonds is 16. The fourth-order valence-electron chi connectivity index (χ4n) is 4.26. The Bertz CT molecular complexity index is 455. The van der Waals surface area contributed by atoms with Crippen molar-refractivity contribution in [3.63, 3.8) is 0 Å². The van der Waals surface area contributed by atoms with Crippen molar-refractivity contribution in [1.82, 2.24) is 0 Å². The van der Waals surface area contributed by atoms with Crippen LogP contribution in [0.25, 0.3) is 0 Å². The fraction of sp³-hybridized carbons (Fsp3) is 0.769. The van der Waals surface area contributed by atoms with Crippen LogP contribution < -0.4 is 0 Å². The molecule has 1 aromatic rings. The van der Waals surface area contributed by atoms with Gasteiger partial charge in [-0.15, -0.1) is 0 Å². The molecule has 1 nitrogen and oxygen atoms in total. The molecule has 1 aliphatic heterocycles. The quantitative estimate of drug-likeness (QED) is 0.202. The standard InChI is InChI=1S/C26H45OS/c1-2-28(24-25-18-12-11-13-19-25)23-17-10-8-6-4-3-5-7-9-14-20-26-21-15-16-22-27-26/h11-13,18-19,26H,2-10,14-17,20-24H2,1H3/q+1. The molecule has 0 aromatic heterocycles. The molecule has 1 aromatic carbocycles. The van der Waals surface area contributed by atoms with E-state index in [1.54, 1.807) is 0 Å². The maximum atomic E-state index is 5.82. The summed E-state index contributed by atoms with van der Waals surface area (Å²) in [6.07, 6.45) is 20.3. The van der Waals surface area contributed by atoms with Crippen molar-refractivity contribution in [1.29, 1.82) is 0 Å². The first-order valence-corrected chi connectivity index (χ1v) is 13.9. The summed E-state index contributed by atoms with van der Waals surface area (Å²) in [6.45, 7) is 3.38. The minimum Gasteiger partial charge on any atom is -0.378 e. The van der Waals surface area contributed by atoms with E-state index >= 15 is 0 Å².